The summed E-state index contributed by atoms with van der Waals surface area (Å²) >= 11 is 0. The summed E-state index contributed by atoms with van der Waals surface area (Å²) in [6, 6.07) is 6.51. The molecule has 0 aliphatic carbocycles. The minimum Gasteiger partial charge on any atom is -0.595 e. The summed E-state index contributed by atoms with van der Waals surface area (Å²) in [5, 5.41) is 22.0. The second-order valence-electron chi connectivity index (χ2n) is 5.07. The Hall–Kier alpha value is -1.76. The van der Waals surface area contributed by atoms with E-state index in [1.165, 1.54) is 6.07 Å². The lowest BCUT2D eigenvalue weighted by Gasteiger charge is -2.21. The van der Waals surface area contributed by atoms with Gasteiger partial charge in [-0.2, -0.15) is 5.23 Å². The fourth-order valence-electron chi connectivity index (χ4n) is 1.94. The lowest BCUT2D eigenvalue weighted by atomic mass is 9.89. The number of amidine groups is 1. The zero-order chi connectivity index (χ0) is 14.2. The van der Waals surface area contributed by atoms with Crippen LogP contribution in [0.4, 0.5) is 5.69 Å². The number of aliphatic imine (C=N–C) groups is 1. The smallest absolute Gasteiger partial charge is 0.253 e. The molecule has 1 aromatic rings. The molecule has 0 saturated carbocycles. The maximum absolute atomic E-state index is 12.0. The lowest BCUT2D eigenvalue weighted by molar-refractivity contribution is -0.991. The van der Waals surface area contributed by atoms with Gasteiger partial charge in [-0.25, -0.2) is 5.21 Å². The molecule has 0 aromatic heterocycles. The van der Waals surface area contributed by atoms with Crippen molar-refractivity contribution in [2.24, 2.45) is 10.9 Å². The van der Waals surface area contributed by atoms with Gasteiger partial charge < -0.3 is 10.5 Å². The van der Waals surface area contributed by atoms with Crippen molar-refractivity contribution >= 4 is 17.4 Å². The van der Waals surface area contributed by atoms with Crippen molar-refractivity contribution < 1.29 is 15.2 Å². The second kappa shape index (κ2) is 4.73. The van der Waals surface area contributed by atoms with E-state index < -0.39 is 10.8 Å². The Bertz CT molecular complexity index is 540. The monoisotopic (exact) mass is 263 g/mol. The van der Waals surface area contributed by atoms with Crippen molar-refractivity contribution in [1.82, 2.24) is 5.32 Å². The van der Waals surface area contributed by atoms with Gasteiger partial charge in [-0.1, -0.05) is 26.0 Å². The molecule has 0 radical (unpaired) electrons. The molecule has 102 valence electrons. The molecule has 1 unspecified atom stereocenters. The SMILES string of the molecule is CC(C)[C@@]1(C)N=C(c2ccccc2[NH+]([O-])O)NC1=O. The van der Waals surface area contributed by atoms with Crippen LogP contribution < -0.4 is 10.5 Å². The lowest BCUT2D eigenvalue weighted by Crippen LogP contribution is -2.99. The summed E-state index contributed by atoms with van der Waals surface area (Å²) < 4.78 is 0. The average Bonchev–Trinajstić information content (AvgIpc) is 2.67. The van der Waals surface area contributed by atoms with Crippen molar-refractivity contribution in [3.8, 4) is 0 Å². The Kier molecular flexibility index (Phi) is 3.40. The van der Waals surface area contributed by atoms with Crippen molar-refractivity contribution in [2.75, 3.05) is 0 Å². The largest absolute Gasteiger partial charge is 0.595 e. The molecule has 0 bridgehead atoms. The molecule has 19 heavy (non-hydrogen) atoms. The van der Waals surface area contributed by atoms with Gasteiger partial charge in [0.25, 0.3) is 5.91 Å². The fraction of sp³-hybridized carbons (Fsp3) is 0.385. The maximum atomic E-state index is 12.0. The van der Waals surface area contributed by atoms with Crippen molar-refractivity contribution in [3.05, 3.63) is 35.0 Å². The Labute approximate surface area is 111 Å². The van der Waals surface area contributed by atoms with Crippen LogP contribution in [0.1, 0.15) is 26.3 Å². The van der Waals surface area contributed by atoms with Crippen LogP contribution in [-0.4, -0.2) is 22.5 Å². The first kappa shape index (κ1) is 13.7. The Balaban J connectivity index is 2.48. The number of carbonyl (C=O) groups is 1. The van der Waals surface area contributed by atoms with Gasteiger partial charge in [-0.15, -0.1) is 0 Å². The highest BCUT2D eigenvalue weighted by Crippen LogP contribution is 2.27. The molecule has 2 rings (SSSR count). The highest BCUT2D eigenvalue weighted by molar-refractivity contribution is 6.16. The molecule has 0 spiro atoms. The van der Waals surface area contributed by atoms with Crippen molar-refractivity contribution in [3.63, 3.8) is 0 Å². The fourth-order valence-corrected chi connectivity index (χ4v) is 1.94. The molecule has 0 saturated heterocycles. The molecule has 6 heteroatoms. The molecule has 1 aliphatic rings. The van der Waals surface area contributed by atoms with E-state index in [4.69, 9.17) is 5.21 Å². The van der Waals surface area contributed by atoms with Crippen LogP contribution in [-0.2, 0) is 4.79 Å². The first-order valence-electron chi connectivity index (χ1n) is 6.10. The van der Waals surface area contributed by atoms with Gasteiger partial charge in [-0.05, 0) is 18.9 Å². The number of rotatable bonds is 3. The van der Waals surface area contributed by atoms with E-state index in [9.17, 15) is 10.0 Å². The van der Waals surface area contributed by atoms with Crippen LogP contribution in [0.3, 0.4) is 0 Å². The summed E-state index contributed by atoms with van der Waals surface area (Å²) in [5.74, 6) is 0.166. The minimum atomic E-state index is -1.04. The van der Waals surface area contributed by atoms with E-state index in [2.05, 4.69) is 10.3 Å². The highest BCUT2D eigenvalue weighted by atomic mass is 16.8. The van der Waals surface area contributed by atoms with E-state index >= 15 is 0 Å². The number of quaternary nitrogens is 1. The van der Waals surface area contributed by atoms with Gasteiger partial charge in [0.2, 0.25) is 0 Å². The average molecular weight is 263 g/mol. The number of benzene rings is 1. The minimum absolute atomic E-state index is 0.0296. The van der Waals surface area contributed by atoms with E-state index in [0.717, 1.165) is 0 Å². The zero-order valence-corrected chi connectivity index (χ0v) is 11.1. The standard InChI is InChI=1S/C13H17N3O3/c1-8(2)13(3)12(17)14-11(15-13)9-6-4-5-7-10(9)16(18)19/h4-8,16,18H,1-3H3,(H,14,15,17)/t13-/m1/s1. The van der Waals surface area contributed by atoms with E-state index in [0.29, 0.717) is 11.4 Å². The molecule has 3 N–H and O–H groups in total. The Morgan fingerprint density at radius 3 is 2.58 bits per heavy atom. The molecule has 1 amide bonds. The number of para-hydroxylation sites is 1. The molecule has 1 aromatic carbocycles. The first-order valence-corrected chi connectivity index (χ1v) is 6.10. The van der Waals surface area contributed by atoms with Crippen LogP contribution >= 0.6 is 0 Å². The number of nitrogens with zero attached hydrogens (tertiary/aromatic N) is 1. The predicted octanol–water partition coefficient (Wildman–Crippen LogP) is 0.381. The normalized spacial score (nSPS) is 24.3. The topological polar surface area (TPSA) is 89.2 Å². The van der Waals surface area contributed by atoms with Crippen LogP contribution in [0.2, 0.25) is 0 Å². The maximum Gasteiger partial charge on any atom is 0.253 e. The third-order valence-electron chi connectivity index (χ3n) is 3.57. The zero-order valence-electron chi connectivity index (χ0n) is 11.1. The van der Waals surface area contributed by atoms with Crippen LogP contribution in [0.15, 0.2) is 29.3 Å². The predicted molar refractivity (Wildman–Crippen MR) is 70.1 cm³/mol. The highest BCUT2D eigenvalue weighted by Gasteiger charge is 2.42. The number of carbonyl (C=O) groups excluding carboxylic acids is 1. The van der Waals surface area contributed by atoms with Gasteiger partial charge in [0.15, 0.2) is 5.69 Å². The molecular formula is C13H17N3O3. The number of hydrogen-bond acceptors (Lipinski definition) is 4. The van der Waals surface area contributed by atoms with Gasteiger partial charge in [0.05, 0.1) is 5.56 Å². The van der Waals surface area contributed by atoms with Crippen molar-refractivity contribution in [2.45, 2.75) is 26.3 Å². The molecule has 6 nitrogen and oxygen atoms in total. The summed E-state index contributed by atoms with van der Waals surface area (Å²) in [4.78, 5) is 16.4. The van der Waals surface area contributed by atoms with Gasteiger partial charge in [0, 0.05) is 6.07 Å². The van der Waals surface area contributed by atoms with Gasteiger partial charge in [-0.3, -0.25) is 9.79 Å². The van der Waals surface area contributed by atoms with E-state index in [-0.39, 0.29) is 17.5 Å². The number of amides is 1. The van der Waals surface area contributed by atoms with Gasteiger partial charge >= 0.3 is 0 Å². The third kappa shape index (κ3) is 2.25. The molecular weight excluding hydrogens is 246 g/mol. The third-order valence-corrected chi connectivity index (χ3v) is 3.57. The summed E-state index contributed by atoms with van der Waals surface area (Å²) in [7, 11) is 0. The molecule has 1 aliphatic heterocycles. The first-order chi connectivity index (χ1) is 8.86. The second-order valence-corrected chi connectivity index (χ2v) is 5.07. The molecule has 0 fully saturated rings. The molecule has 1 heterocycles. The summed E-state index contributed by atoms with van der Waals surface area (Å²) in [5.41, 5.74) is -0.275. The Morgan fingerprint density at radius 1 is 1.42 bits per heavy atom. The number of hydrogen-bond donors (Lipinski definition) is 3. The number of nitrogens with one attached hydrogen (secondary N) is 2. The van der Waals surface area contributed by atoms with E-state index in [1.54, 1.807) is 25.1 Å². The summed E-state index contributed by atoms with van der Waals surface area (Å²) in [6.45, 7) is 5.58. The van der Waals surface area contributed by atoms with Crippen LogP contribution in [0.25, 0.3) is 0 Å². The summed E-state index contributed by atoms with van der Waals surface area (Å²) in [6.07, 6.45) is 0. The van der Waals surface area contributed by atoms with Gasteiger partial charge in [0.1, 0.15) is 11.4 Å². The molecule has 2 atom stereocenters. The Morgan fingerprint density at radius 2 is 2.05 bits per heavy atom. The quantitative estimate of drug-likeness (QED) is 0.689. The van der Waals surface area contributed by atoms with Crippen LogP contribution in [0.5, 0.6) is 0 Å². The van der Waals surface area contributed by atoms with Crippen molar-refractivity contribution in [1.29, 1.82) is 0 Å². The van der Waals surface area contributed by atoms with Crippen LogP contribution in [0, 0.1) is 11.1 Å². The van der Waals surface area contributed by atoms with E-state index in [1.807, 2.05) is 13.8 Å².